The third-order valence-corrected chi connectivity index (χ3v) is 3.29. The first-order chi connectivity index (χ1) is 10.2. The Balaban J connectivity index is 2.06. The second-order valence-corrected chi connectivity index (χ2v) is 4.67. The van der Waals surface area contributed by atoms with Gasteiger partial charge < -0.3 is 10.1 Å². The van der Waals surface area contributed by atoms with Gasteiger partial charge in [0.2, 0.25) is 0 Å². The Hall–Kier alpha value is -2.69. The highest BCUT2D eigenvalue weighted by Gasteiger charge is 2.08. The van der Waals surface area contributed by atoms with Crippen LogP contribution in [0.5, 0.6) is 5.75 Å². The molecule has 0 aliphatic heterocycles. The molecule has 0 amide bonds. The lowest BCUT2D eigenvalue weighted by molar-refractivity contribution is 0.387. The van der Waals surface area contributed by atoms with Crippen LogP contribution >= 0.6 is 0 Å². The Bertz CT molecular complexity index is 799. The maximum absolute atomic E-state index is 13.4. The summed E-state index contributed by atoms with van der Waals surface area (Å²) >= 11 is 0. The molecule has 3 rings (SSSR count). The van der Waals surface area contributed by atoms with E-state index in [4.69, 9.17) is 4.74 Å². The molecule has 4 nitrogen and oxygen atoms in total. The average molecular weight is 283 g/mol. The third kappa shape index (κ3) is 2.50. The minimum atomic E-state index is -0.397. The fourth-order valence-corrected chi connectivity index (χ4v) is 2.25. The SMILES string of the molecule is COc1cc(Nc2ncnc3cccc(C)c23)ccc1F. The number of aryl methyl sites for hydroxylation is 1. The van der Waals surface area contributed by atoms with Crippen LogP contribution in [-0.2, 0) is 0 Å². The van der Waals surface area contributed by atoms with E-state index in [1.807, 2.05) is 25.1 Å². The summed E-state index contributed by atoms with van der Waals surface area (Å²) in [7, 11) is 1.44. The van der Waals surface area contributed by atoms with Gasteiger partial charge >= 0.3 is 0 Å². The Labute approximate surface area is 121 Å². The van der Waals surface area contributed by atoms with Crippen molar-refractivity contribution in [3.63, 3.8) is 0 Å². The van der Waals surface area contributed by atoms with Gasteiger partial charge in [-0.3, -0.25) is 0 Å². The molecule has 2 aromatic carbocycles. The molecule has 1 aromatic heterocycles. The van der Waals surface area contributed by atoms with Gasteiger partial charge in [0.25, 0.3) is 0 Å². The number of ether oxygens (including phenoxy) is 1. The summed E-state index contributed by atoms with van der Waals surface area (Å²) in [5, 5.41) is 4.14. The first kappa shape index (κ1) is 13.3. The predicted octanol–water partition coefficient (Wildman–Crippen LogP) is 3.83. The number of rotatable bonds is 3. The summed E-state index contributed by atoms with van der Waals surface area (Å²) in [5.41, 5.74) is 2.64. The number of nitrogens with one attached hydrogen (secondary N) is 1. The van der Waals surface area contributed by atoms with Crippen molar-refractivity contribution in [1.82, 2.24) is 9.97 Å². The molecule has 0 aliphatic rings. The molecular formula is C16H14FN3O. The molecule has 0 fully saturated rings. The number of benzene rings is 2. The highest BCUT2D eigenvalue weighted by molar-refractivity contribution is 5.93. The van der Waals surface area contributed by atoms with Crippen LogP contribution in [0.25, 0.3) is 10.9 Å². The maximum atomic E-state index is 13.4. The van der Waals surface area contributed by atoms with Crippen molar-refractivity contribution in [3.05, 3.63) is 54.1 Å². The summed E-state index contributed by atoms with van der Waals surface area (Å²) in [6.45, 7) is 2.00. The summed E-state index contributed by atoms with van der Waals surface area (Å²) in [6, 6.07) is 10.5. The molecule has 106 valence electrons. The van der Waals surface area contributed by atoms with Gasteiger partial charge in [-0.05, 0) is 30.7 Å². The minimum absolute atomic E-state index is 0.190. The quantitative estimate of drug-likeness (QED) is 0.793. The molecule has 21 heavy (non-hydrogen) atoms. The third-order valence-electron chi connectivity index (χ3n) is 3.29. The normalized spacial score (nSPS) is 10.6. The zero-order valence-electron chi connectivity index (χ0n) is 11.7. The van der Waals surface area contributed by atoms with E-state index in [-0.39, 0.29) is 5.75 Å². The highest BCUT2D eigenvalue weighted by Crippen LogP contribution is 2.28. The topological polar surface area (TPSA) is 47.0 Å². The number of aromatic nitrogens is 2. The van der Waals surface area contributed by atoms with Crippen LogP contribution < -0.4 is 10.1 Å². The Morgan fingerprint density at radius 3 is 2.81 bits per heavy atom. The molecule has 0 radical (unpaired) electrons. The first-order valence-corrected chi connectivity index (χ1v) is 6.50. The second-order valence-electron chi connectivity index (χ2n) is 4.67. The van der Waals surface area contributed by atoms with E-state index in [2.05, 4.69) is 15.3 Å². The standard InChI is InChI=1S/C16H14FN3O/c1-10-4-3-5-13-15(10)16(19-9-18-13)20-11-6-7-12(17)14(8-11)21-2/h3-9H,1-2H3,(H,18,19,20). The van der Waals surface area contributed by atoms with E-state index in [1.54, 1.807) is 12.1 Å². The van der Waals surface area contributed by atoms with Gasteiger partial charge in [0.15, 0.2) is 11.6 Å². The highest BCUT2D eigenvalue weighted by atomic mass is 19.1. The lowest BCUT2D eigenvalue weighted by Crippen LogP contribution is -1.98. The van der Waals surface area contributed by atoms with Crippen molar-refractivity contribution in [2.24, 2.45) is 0 Å². The van der Waals surface area contributed by atoms with Gasteiger partial charge in [0, 0.05) is 17.1 Å². The minimum Gasteiger partial charge on any atom is -0.494 e. The number of fused-ring (bicyclic) bond motifs is 1. The fourth-order valence-electron chi connectivity index (χ4n) is 2.25. The Morgan fingerprint density at radius 1 is 1.14 bits per heavy atom. The molecule has 0 saturated heterocycles. The lowest BCUT2D eigenvalue weighted by Gasteiger charge is -2.11. The number of methoxy groups -OCH3 is 1. The lowest BCUT2D eigenvalue weighted by atomic mass is 10.1. The van der Waals surface area contributed by atoms with Gasteiger partial charge in [-0.1, -0.05) is 12.1 Å². The molecular weight excluding hydrogens is 269 g/mol. The van der Waals surface area contributed by atoms with Crippen molar-refractivity contribution < 1.29 is 9.13 Å². The van der Waals surface area contributed by atoms with E-state index in [1.165, 1.54) is 19.5 Å². The van der Waals surface area contributed by atoms with E-state index < -0.39 is 5.82 Å². The maximum Gasteiger partial charge on any atom is 0.165 e. The van der Waals surface area contributed by atoms with Crippen LogP contribution in [0.15, 0.2) is 42.7 Å². The van der Waals surface area contributed by atoms with Gasteiger partial charge in [-0.25, -0.2) is 14.4 Å². The molecule has 0 aliphatic carbocycles. The largest absolute Gasteiger partial charge is 0.494 e. The zero-order valence-corrected chi connectivity index (χ0v) is 11.7. The second kappa shape index (κ2) is 5.36. The fraction of sp³-hybridized carbons (Fsp3) is 0.125. The number of anilines is 2. The van der Waals surface area contributed by atoms with Crippen LogP contribution in [0.2, 0.25) is 0 Å². The van der Waals surface area contributed by atoms with Crippen molar-refractivity contribution in [3.8, 4) is 5.75 Å². The van der Waals surface area contributed by atoms with E-state index in [9.17, 15) is 4.39 Å². The van der Waals surface area contributed by atoms with Crippen LogP contribution in [0.1, 0.15) is 5.56 Å². The molecule has 1 heterocycles. The van der Waals surface area contributed by atoms with Crippen LogP contribution in [0.3, 0.4) is 0 Å². The first-order valence-electron chi connectivity index (χ1n) is 6.50. The van der Waals surface area contributed by atoms with Crippen LogP contribution in [-0.4, -0.2) is 17.1 Å². The van der Waals surface area contributed by atoms with Crippen molar-refractivity contribution in [1.29, 1.82) is 0 Å². The Kier molecular flexibility index (Phi) is 3.39. The number of halogens is 1. The average Bonchev–Trinajstić information content (AvgIpc) is 2.49. The molecule has 3 aromatic rings. The molecule has 0 bridgehead atoms. The molecule has 5 heteroatoms. The summed E-state index contributed by atoms with van der Waals surface area (Å²) in [5.74, 6) is 0.480. The van der Waals surface area contributed by atoms with Gasteiger partial charge in [-0.2, -0.15) is 0 Å². The monoisotopic (exact) mass is 283 g/mol. The van der Waals surface area contributed by atoms with Gasteiger partial charge in [0.05, 0.1) is 12.6 Å². The Morgan fingerprint density at radius 2 is 2.00 bits per heavy atom. The summed E-state index contributed by atoms with van der Waals surface area (Å²) in [4.78, 5) is 8.54. The van der Waals surface area contributed by atoms with E-state index in [0.29, 0.717) is 11.5 Å². The van der Waals surface area contributed by atoms with Crippen LogP contribution in [0, 0.1) is 12.7 Å². The molecule has 1 N–H and O–H groups in total. The predicted molar refractivity (Wildman–Crippen MR) is 80.5 cm³/mol. The smallest absolute Gasteiger partial charge is 0.165 e. The van der Waals surface area contributed by atoms with Gasteiger partial charge in [0.1, 0.15) is 12.1 Å². The number of nitrogens with zero attached hydrogens (tertiary/aromatic N) is 2. The molecule has 0 spiro atoms. The zero-order chi connectivity index (χ0) is 14.8. The number of hydrogen-bond acceptors (Lipinski definition) is 4. The van der Waals surface area contributed by atoms with Crippen molar-refractivity contribution in [2.75, 3.05) is 12.4 Å². The van der Waals surface area contributed by atoms with Crippen LogP contribution in [0.4, 0.5) is 15.9 Å². The summed E-state index contributed by atoms with van der Waals surface area (Å²) < 4.78 is 18.4. The molecule has 0 unspecified atom stereocenters. The molecule has 0 saturated carbocycles. The number of hydrogen-bond donors (Lipinski definition) is 1. The van der Waals surface area contributed by atoms with Crippen molar-refractivity contribution >= 4 is 22.4 Å². The van der Waals surface area contributed by atoms with Gasteiger partial charge in [-0.15, -0.1) is 0 Å². The molecule has 0 atom stereocenters. The summed E-state index contributed by atoms with van der Waals surface area (Å²) in [6.07, 6.45) is 1.50. The van der Waals surface area contributed by atoms with E-state index in [0.717, 1.165) is 16.5 Å². The van der Waals surface area contributed by atoms with E-state index >= 15 is 0 Å². The van der Waals surface area contributed by atoms with Crippen molar-refractivity contribution in [2.45, 2.75) is 6.92 Å².